The van der Waals surface area contributed by atoms with Gasteiger partial charge in [-0.15, -0.1) is 0 Å². The molecule has 0 bridgehead atoms. The monoisotopic (exact) mass is 292 g/mol. The molecule has 0 saturated carbocycles. The van der Waals surface area contributed by atoms with E-state index in [1.807, 2.05) is 0 Å². The maximum Gasteiger partial charge on any atom is 0.333 e. The van der Waals surface area contributed by atoms with E-state index >= 15 is 0 Å². The van der Waals surface area contributed by atoms with Gasteiger partial charge in [0.2, 0.25) is 0 Å². The number of carbonyl (C=O) groups excluding carboxylic acids is 2. The molecule has 4 heteroatoms. The molecular formula is C17H24O4. The summed E-state index contributed by atoms with van der Waals surface area (Å²) in [7, 11) is 0. The van der Waals surface area contributed by atoms with Gasteiger partial charge in [-0.2, -0.15) is 0 Å². The average molecular weight is 292 g/mol. The number of carbonyl (C=O) groups is 2. The van der Waals surface area contributed by atoms with Crippen LogP contribution in [0.5, 0.6) is 0 Å². The van der Waals surface area contributed by atoms with Crippen molar-refractivity contribution < 1.29 is 19.1 Å². The molecule has 0 fully saturated rings. The van der Waals surface area contributed by atoms with Gasteiger partial charge in [0.15, 0.2) is 0 Å². The Morgan fingerprint density at radius 3 is 1.62 bits per heavy atom. The Morgan fingerprint density at radius 1 is 0.905 bits per heavy atom. The number of hydrogen-bond acceptors (Lipinski definition) is 4. The Balaban J connectivity index is -0.000000249. The van der Waals surface area contributed by atoms with Gasteiger partial charge in [0.05, 0.1) is 0 Å². The molecule has 0 atom stereocenters. The molecule has 0 aliphatic carbocycles. The number of hydrogen-bond donors (Lipinski definition) is 0. The van der Waals surface area contributed by atoms with Crippen LogP contribution < -0.4 is 0 Å². The van der Waals surface area contributed by atoms with Crippen LogP contribution in [0, 0.1) is 0 Å². The Kier molecular flexibility index (Phi) is 22.0. The normalized spacial score (nSPS) is 7.29. The highest BCUT2D eigenvalue weighted by Crippen LogP contribution is 1.90. The molecule has 4 nitrogen and oxygen atoms in total. The minimum Gasteiger partial charge on any atom is -0.458 e. The average Bonchev–Trinajstić information content (AvgIpc) is 2.50. The molecule has 0 heterocycles. The van der Waals surface area contributed by atoms with Gasteiger partial charge in [-0.1, -0.05) is 63.8 Å². The van der Waals surface area contributed by atoms with E-state index in [9.17, 15) is 9.59 Å². The third kappa shape index (κ3) is 26.8. The zero-order chi connectivity index (χ0) is 17.1. The van der Waals surface area contributed by atoms with Crippen LogP contribution in [0.25, 0.3) is 0 Å². The molecule has 0 aliphatic heterocycles. The topological polar surface area (TPSA) is 52.6 Å². The van der Waals surface area contributed by atoms with E-state index in [2.05, 4.69) is 48.9 Å². The summed E-state index contributed by atoms with van der Waals surface area (Å²) in [5.41, 5.74) is 0.414. The van der Waals surface area contributed by atoms with Crippen molar-refractivity contribution in [2.45, 2.75) is 6.92 Å². The van der Waals surface area contributed by atoms with Crippen LogP contribution in [0.15, 0.2) is 75.4 Å². The second-order valence-corrected chi connectivity index (χ2v) is 3.26. The fraction of sp³-hybridized carbons (Fsp3) is 0.176. The SMILES string of the molecule is C=CC=C.C=CCOC(=O)C(=C)C.C=CCOC(=O)C=C. The predicted octanol–water partition coefficient (Wildman–Crippen LogP) is 3.55. The summed E-state index contributed by atoms with van der Waals surface area (Å²) in [4.78, 5) is 20.7. The molecule has 0 saturated heterocycles. The molecule has 116 valence electrons. The second-order valence-electron chi connectivity index (χ2n) is 3.26. The zero-order valence-corrected chi connectivity index (χ0v) is 12.7. The lowest BCUT2D eigenvalue weighted by Gasteiger charge is -1.97. The lowest BCUT2D eigenvalue weighted by molar-refractivity contribution is -0.138. The molecular weight excluding hydrogens is 268 g/mol. The number of ether oxygens (including phenoxy) is 2. The van der Waals surface area contributed by atoms with Crippen LogP contribution in [0.4, 0.5) is 0 Å². The maximum absolute atomic E-state index is 10.5. The Hall–Kier alpha value is -2.62. The molecule has 0 aliphatic rings. The van der Waals surface area contributed by atoms with Crippen LogP contribution in [-0.2, 0) is 19.1 Å². The Morgan fingerprint density at radius 2 is 1.33 bits per heavy atom. The zero-order valence-electron chi connectivity index (χ0n) is 12.7. The fourth-order valence-corrected chi connectivity index (χ4v) is 0.458. The first kappa shape index (κ1) is 23.5. The van der Waals surface area contributed by atoms with Crippen LogP contribution >= 0.6 is 0 Å². The predicted molar refractivity (Wildman–Crippen MR) is 87.7 cm³/mol. The number of allylic oxidation sites excluding steroid dienone is 2. The Bertz CT molecular complexity index is 372. The summed E-state index contributed by atoms with van der Waals surface area (Å²) in [5.74, 6) is -0.778. The van der Waals surface area contributed by atoms with E-state index < -0.39 is 5.97 Å². The summed E-state index contributed by atoms with van der Waals surface area (Å²) in [6.07, 6.45) is 7.41. The first-order valence-corrected chi connectivity index (χ1v) is 5.98. The summed E-state index contributed by atoms with van der Waals surface area (Å²) in [6, 6.07) is 0. The van der Waals surface area contributed by atoms with Gasteiger partial charge in [-0.25, -0.2) is 9.59 Å². The maximum atomic E-state index is 10.5. The van der Waals surface area contributed by atoms with Crippen LogP contribution in [0.3, 0.4) is 0 Å². The van der Waals surface area contributed by atoms with Gasteiger partial charge in [0, 0.05) is 11.6 Å². The quantitative estimate of drug-likeness (QED) is 0.312. The number of rotatable bonds is 7. The smallest absolute Gasteiger partial charge is 0.333 e. The summed E-state index contributed by atoms with van der Waals surface area (Å²) >= 11 is 0. The molecule has 0 amide bonds. The van der Waals surface area contributed by atoms with Crippen LogP contribution in [0.1, 0.15) is 6.92 Å². The first-order chi connectivity index (χ1) is 9.90. The molecule has 0 radical (unpaired) electrons. The highest BCUT2D eigenvalue weighted by Gasteiger charge is 1.98. The van der Waals surface area contributed by atoms with E-state index in [-0.39, 0.29) is 19.2 Å². The molecule has 0 aromatic rings. The van der Waals surface area contributed by atoms with E-state index in [0.29, 0.717) is 5.57 Å². The largest absolute Gasteiger partial charge is 0.458 e. The van der Waals surface area contributed by atoms with E-state index in [1.165, 1.54) is 12.2 Å². The van der Waals surface area contributed by atoms with Gasteiger partial charge >= 0.3 is 11.9 Å². The van der Waals surface area contributed by atoms with Crippen molar-refractivity contribution in [2.24, 2.45) is 0 Å². The highest BCUT2D eigenvalue weighted by molar-refractivity contribution is 5.86. The van der Waals surface area contributed by atoms with Crippen molar-refractivity contribution in [3.63, 3.8) is 0 Å². The standard InChI is InChI=1S/C7H10O2.C6H8O2.C4H6/c1-4-5-9-7(8)6(2)3;1-3-5-8-6(7)4-2;1-3-4-2/h4H,1-2,5H2,3H3;3-4H,1-2,5H2;3-4H,1-2H2. The van der Waals surface area contributed by atoms with Crippen molar-refractivity contribution >= 4 is 11.9 Å². The van der Waals surface area contributed by atoms with E-state index in [4.69, 9.17) is 0 Å². The third-order valence-electron chi connectivity index (χ3n) is 1.36. The van der Waals surface area contributed by atoms with Gasteiger partial charge < -0.3 is 9.47 Å². The van der Waals surface area contributed by atoms with Crippen LogP contribution in [0.2, 0.25) is 0 Å². The van der Waals surface area contributed by atoms with Gasteiger partial charge in [0.1, 0.15) is 13.2 Å². The lowest BCUT2D eigenvalue weighted by atomic mass is 10.4. The first-order valence-electron chi connectivity index (χ1n) is 5.98. The molecule has 0 spiro atoms. The van der Waals surface area contributed by atoms with Gasteiger partial charge in [0.25, 0.3) is 0 Å². The van der Waals surface area contributed by atoms with Crippen molar-refractivity contribution in [1.29, 1.82) is 0 Å². The number of esters is 2. The molecule has 0 aromatic carbocycles. The van der Waals surface area contributed by atoms with Crippen molar-refractivity contribution in [2.75, 3.05) is 13.2 Å². The molecule has 0 unspecified atom stereocenters. The molecule has 0 aromatic heterocycles. The van der Waals surface area contributed by atoms with Crippen molar-refractivity contribution in [1.82, 2.24) is 0 Å². The fourth-order valence-electron chi connectivity index (χ4n) is 0.458. The minimum atomic E-state index is -0.412. The Labute approximate surface area is 127 Å². The highest BCUT2D eigenvalue weighted by atomic mass is 16.5. The van der Waals surface area contributed by atoms with E-state index in [1.54, 1.807) is 19.1 Å². The molecule has 0 rings (SSSR count). The van der Waals surface area contributed by atoms with Crippen molar-refractivity contribution in [3.8, 4) is 0 Å². The minimum absolute atomic E-state index is 0.255. The van der Waals surface area contributed by atoms with Crippen molar-refractivity contribution in [3.05, 3.63) is 75.4 Å². The summed E-state index contributed by atoms with van der Waals surface area (Å²) in [6.45, 7) is 22.2. The lowest BCUT2D eigenvalue weighted by Crippen LogP contribution is -2.03. The van der Waals surface area contributed by atoms with Crippen LogP contribution in [-0.4, -0.2) is 25.2 Å². The van der Waals surface area contributed by atoms with Gasteiger partial charge in [-0.05, 0) is 6.92 Å². The summed E-state index contributed by atoms with van der Waals surface area (Å²) in [5, 5.41) is 0. The molecule has 21 heavy (non-hydrogen) atoms. The summed E-state index contributed by atoms with van der Waals surface area (Å²) < 4.78 is 9.06. The van der Waals surface area contributed by atoms with E-state index in [0.717, 1.165) is 6.08 Å². The van der Waals surface area contributed by atoms with Gasteiger partial charge in [-0.3, -0.25) is 0 Å². The molecule has 0 N–H and O–H groups in total. The second kappa shape index (κ2) is 19.7. The third-order valence-corrected chi connectivity index (χ3v) is 1.36.